The highest BCUT2D eigenvalue weighted by molar-refractivity contribution is 5.82. The van der Waals surface area contributed by atoms with Crippen molar-refractivity contribution in [3.8, 4) is 0 Å². The number of aryl methyl sites for hydroxylation is 2. The summed E-state index contributed by atoms with van der Waals surface area (Å²) in [6, 6.07) is 1.89. The molecule has 1 unspecified atom stereocenters. The highest BCUT2D eigenvalue weighted by atomic mass is 19.3. The number of piperidine rings is 1. The van der Waals surface area contributed by atoms with Crippen LogP contribution in [0.3, 0.4) is 0 Å². The van der Waals surface area contributed by atoms with Crippen LogP contribution in [0.4, 0.5) is 14.7 Å². The first-order valence-electron chi connectivity index (χ1n) is 8.19. The molecule has 3 rings (SSSR count). The van der Waals surface area contributed by atoms with Crippen molar-refractivity contribution in [2.24, 2.45) is 0 Å². The van der Waals surface area contributed by atoms with Crippen LogP contribution in [0.15, 0.2) is 6.07 Å². The lowest BCUT2D eigenvalue weighted by molar-refractivity contribution is -0.150. The molecule has 1 aromatic rings. The lowest BCUT2D eigenvalue weighted by Crippen LogP contribution is -2.54. The Bertz CT molecular complexity index is 596. The van der Waals surface area contributed by atoms with Gasteiger partial charge in [0.2, 0.25) is 5.95 Å². The van der Waals surface area contributed by atoms with Gasteiger partial charge in [0.05, 0.1) is 13.2 Å². The first-order chi connectivity index (χ1) is 11.3. The molecule has 2 aliphatic heterocycles. The normalized spacial score (nSPS) is 24.1. The van der Waals surface area contributed by atoms with E-state index in [1.54, 1.807) is 0 Å². The van der Waals surface area contributed by atoms with Gasteiger partial charge in [0.1, 0.15) is 0 Å². The number of carbonyl (C=O) groups excluding carboxylic acids is 1. The molecule has 2 aliphatic rings. The van der Waals surface area contributed by atoms with Crippen LogP contribution < -0.4 is 4.90 Å². The number of anilines is 1. The second kappa shape index (κ2) is 6.58. The topological polar surface area (TPSA) is 58.6 Å². The van der Waals surface area contributed by atoms with Crippen molar-refractivity contribution in [2.75, 3.05) is 37.7 Å². The Hall–Kier alpha value is -1.83. The highest BCUT2D eigenvalue weighted by Gasteiger charge is 2.38. The molecule has 24 heavy (non-hydrogen) atoms. The molecule has 132 valence electrons. The molecule has 1 atom stereocenters. The maximum Gasteiger partial charge on any atom is 0.253 e. The zero-order valence-electron chi connectivity index (χ0n) is 14.0. The lowest BCUT2D eigenvalue weighted by atomic mass is 10.1. The van der Waals surface area contributed by atoms with Crippen LogP contribution in [0, 0.1) is 13.8 Å². The first-order valence-corrected chi connectivity index (χ1v) is 8.19. The van der Waals surface area contributed by atoms with E-state index in [1.165, 1.54) is 4.90 Å². The van der Waals surface area contributed by atoms with Gasteiger partial charge in [0.25, 0.3) is 11.8 Å². The minimum atomic E-state index is -2.66. The van der Waals surface area contributed by atoms with Gasteiger partial charge in [-0.05, 0) is 19.9 Å². The van der Waals surface area contributed by atoms with E-state index in [0.29, 0.717) is 25.6 Å². The maximum atomic E-state index is 13.2. The van der Waals surface area contributed by atoms with Crippen molar-refractivity contribution < 1.29 is 18.3 Å². The average molecular weight is 340 g/mol. The van der Waals surface area contributed by atoms with Crippen LogP contribution in [-0.2, 0) is 9.53 Å². The van der Waals surface area contributed by atoms with Gasteiger partial charge < -0.3 is 14.5 Å². The molecule has 3 heterocycles. The zero-order valence-corrected chi connectivity index (χ0v) is 14.0. The Labute approximate surface area is 139 Å². The Balaban J connectivity index is 1.66. The van der Waals surface area contributed by atoms with Crippen molar-refractivity contribution in [3.63, 3.8) is 0 Å². The molecule has 1 aromatic heterocycles. The third kappa shape index (κ3) is 3.80. The minimum absolute atomic E-state index is 0.0751. The number of carbonyl (C=O) groups is 1. The van der Waals surface area contributed by atoms with Gasteiger partial charge in [0.15, 0.2) is 6.10 Å². The number of nitrogens with zero attached hydrogens (tertiary/aromatic N) is 4. The summed E-state index contributed by atoms with van der Waals surface area (Å²) < 4.78 is 32.1. The van der Waals surface area contributed by atoms with Gasteiger partial charge in [-0.15, -0.1) is 0 Å². The van der Waals surface area contributed by atoms with E-state index in [9.17, 15) is 13.6 Å². The minimum Gasteiger partial charge on any atom is -0.365 e. The van der Waals surface area contributed by atoms with Crippen LogP contribution in [0.25, 0.3) is 0 Å². The third-order valence-electron chi connectivity index (χ3n) is 4.40. The zero-order chi connectivity index (χ0) is 17.3. The second-order valence-corrected chi connectivity index (χ2v) is 6.44. The summed E-state index contributed by atoms with van der Waals surface area (Å²) in [6.45, 7) is 5.28. The molecule has 8 heteroatoms. The number of hydrogen-bond donors (Lipinski definition) is 0. The van der Waals surface area contributed by atoms with E-state index in [1.807, 2.05) is 24.8 Å². The molecular formula is C16H22F2N4O2. The van der Waals surface area contributed by atoms with Crippen LogP contribution in [0.2, 0.25) is 0 Å². The summed E-state index contributed by atoms with van der Waals surface area (Å²) in [4.78, 5) is 24.8. The van der Waals surface area contributed by atoms with E-state index >= 15 is 0 Å². The summed E-state index contributed by atoms with van der Waals surface area (Å²) in [5.74, 6) is -2.30. The van der Waals surface area contributed by atoms with Gasteiger partial charge in [-0.2, -0.15) is 0 Å². The summed E-state index contributed by atoms with van der Waals surface area (Å²) in [5, 5.41) is 0. The van der Waals surface area contributed by atoms with Crippen LogP contribution in [0.5, 0.6) is 0 Å². The third-order valence-corrected chi connectivity index (χ3v) is 4.40. The van der Waals surface area contributed by atoms with Crippen LogP contribution >= 0.6 is 0 Å². The number of ether oxygens (including phenoxy) is 1. The summed E-state index contributed by atoms with van der Waals surface area (Å²) in [5.41, 5.74) is 1.73. The second-order valence-electron chi connectivity index (χ2n) is 6.44. The first kappa shape index (κ1) is 17.0. The fourth-order valence-electron chi connectivity index (χ4n) is 3.09. The maximum absolute atomic E-state index is 13.2. The SMILES string of the molecule is Cc1cc(C)nc(N2CCOC(C(=O)N3CCC(F)(F)CC3)C2)n1. The van der Waals surface area contributed by atoms with E-state index in [0.717, 1.165) is 11.4 Å². The molecule has 0 spiro atoms. The molecule has 0 N–H and O–H groups in total. The molecule has 0 aliphatic carbocycles. The standard InChI is InChI=1S/C16H22F2N4O2/c1-11-9-12(2)20-15(19-11)22-7-8-24-13(10-22)14(23)21-5-3-16(17,18)4-6-21/h9,13H,3-8,10H2,1-2H3. The average Bonchev–Trinajstić information content (AvgIpc) is 2.53. The number of rotatable bonds is 2. The van der Waals surface area contributed by atoms with Gasteiger partial charge in [-0.3, -0.25) is 4.79 Å². The Kier molecular flexibility index (Phi) is 4.67. The number of likely N-dealkylation sites (tertiary alicyclic amines) is 1. The fourth-order valence-corrected chi connectivity index (χ4v) is 3.09. The number of morpholine rings is 1. The van der Waals surface area contributed by atoms with Gasteiger partial charge >= 0.3 is 0 Å². The molecule has 0 bridgehead atoms. The number of aromatic nitrogens is 2. The predicted octanol–water partition coefficient (Wildman–Crippen LogP) is 1.56. The van der Waals surface area contributed by atoms with E-state index in [-0.39, 0.29) is 31.8 Å². The van der Waals surface area contributed by atoms with Gasteiger partial charge in [-0.1, -0.05) is 0 Å². The van der Waals surface area contributed by atoms with Crippen LogP contribution in [-0.4, -0.2) is 65.6 Å². The van der Waals surface area contributed by atoms with Gasteiger partial charge in [-0.25, -0.2) is 18.7 Å². The Morgan fingerprint density at radius 2 is 1.83 bits per heavy atom. The number of hydrogen-bond acceptors (Lipinski definition) is 5. The van der Waals surface area contributed by atoms with Crippen LogP contribution in [0.1, 0.15) is 24.2 Å². The molecule has 0 radical (unpaired) electrons. The van der Waals surface area contributed by atoms with Crippen molar-refractivity contribution in [1.29, 1.82) is 0 Å². The van der Waals surface area contributed by atoms with E-state index in [4.69, 9.17) is 4.74 Å². The molecule has 6 nitrogen and oxygen atoms in total. The van der Waals surface area contributed by atoms with Crippen molar-refractivity contribution in [1.82, 2.24) is 14.9 Å². The Morgan fingerprint density at radius 1 is 1.21 bits per heavy atom. The van der Waals surface area contributed by atoms with E-state index < -0.39 is 12.0 Å². The largest absolute Gasteiger partial charge is 0.365 e. The van der Waals surface area contributed by atoms with E-state index in [2.05, 4.69) is 9.97 Å². The summed E-state index contributed by atoms with van der Waals surface area (Å²) in [7, 11) is 0. The smallest absolute Gasteiger partial charge is 0.253 e. The number of amides is 1. The quantitative estimate of drug-likeness (QED) is 0.818. The molecular weight excluding hydrogens is 318 g/mol. The summed E-state index contributed by atoms with van der Waals surface area (Å²) in [6.07, 6.45) is -1.22. The monoisotopic (exact) mass is 340 g/mol. The summed E-state index contributed by atoms with van der Waals surface area (Å²) >= 11 is 0. The molecule has 0 saturated carbocycles. The van der Waals surface area contributed by atoms with Crippen molar-refractivity contribution in [2.45, 2.75) is 38.7 Å². The number of alkyl halides is 2. The van der Waals surface area contributed by atoms with Gasteiger partial charge in [0, 0.05) is 43.9 Å². The highest BCUT2D eigenvalue weighted by Crippen LogP contribution is 2.28. The predicted molar refractivity (Wildman–Crippen MR) is 84.2 cm³/mol. The fraction of sp³-hybridized carbons (Fsp3) is 0.688. The lowest BCUT2D eigenvalue weighted by Gasteiger charge is -2.37. The Morgan fingerprint density at radius 3 is 2.46 bits per heavy atom. The molecule has 2 saturated heterocycles. The van der Waals surface area contributed by atoms with Crippen molar-refractivity contribution in [3.05, 3.63) is 17.5 Å². The number of halogens is 2. The molecule has 1 amide bonds. The molecule has 2 fully saturated rings. The molecule has 0 aromatic carbocycles. The van der Waals surface area contributed by atoms with Crippen molar-refractivity contribution >= 4 is 11.9 Å².